The molecule has 3 heterocycles. The number of halogens is 2. The van der Waals surface area contributed by atoms with E-state index in [0.717, 1.165) is 18.2 Å². The summed E-state index contributed by atoms with van der Waals surface area (Å²) in [5.41, 5.74) is 5.96. The van der Waals surface area contributed by atoms with Crippen molar-refractivity contribution in [2.24, 2.45) is 0 Å². The summed E-state index contributed by atoms with van der Waals surface area (Å²) >= 11 is 0. The first-order valence-corrected chi connectivity index (χ1v) is 9.60. The molecule has 0 bridgehead atoms. The monoisotopic (exact) mass is 429 g/mol. The van der Waals surface area contributed by atoms with Crippen LogP contribution in [-0.4, -0.2) is 39.5 Å². The number of nitrogens with zero attached hydrogens (tertiary/aromatic N) is 2. The fourth-order valence-corrected chi connectivity index (χ4v) is 3.41. The highest BCUT2D eigenvalue weighted by Crippen LogP contribution is 2.33. The van der Waals surface area contributed by atoms with Crippen molar-refractivity contribution >= 4 is 5.82 Å². The average molecular weight is 429 g/mol. The Hall–Kier alpha value is -3.14. The van der Waals surface area contributed by atoms with Gasteiger partial charge in [0.15, 0.2) is 17.2 Å². The van der Waals surface area contributed by atoms with E-state index in [1.807, 2.05) is 0 Å². The van der Waals surface area contributed by atoms with Gasteiger partial charge in [-0.1, -0.05) is 6.07 Å². The van der Waals surface area contributed by atoms with Crippen LogP contribution in [0.1, 0.15) is 24.3 Å². The molecule has 2 aromatic heterocycles. The van der Waals surface area contributed by atoms with E-state index in [1.54, 1.807) is 25.1 Å². The number of hydrogen-bond acceptors (Lipinski definition) is 7. The summed E-state index contributed by atoms with van der Waals surface area (Å²) in [6.07, 6.45) is 1.17. The first-order chi connectivity index (χ1) is 14.8. The van der Waals surface area contributed by atoms with E-state index >= 15 is 0 Å². The maximum Gasteiger partial charge on any atom is 0.166 e. The van der Waals surface area contributed by atoms with Crippen molar-refractivity contribution in [3.8, 4) is 16.9 Å². The molecule has 0 amide bonds. The molecule has 0 radical (unpaired) electrons. The minimum absolute atomic E-state index is 0.0343. The van der Waals surface area contributed by atoms with Gasteiger partial charge in [0.2, 0.25) is 0 Å². The predicted molar refractivity (Wildman–Crippen MR) is 108 cm³/mol. The number of pyridine rings is 2. The highest BCUT2D eigenvalue weighted by atomic mass is 19.1. The summed E-state index contributed by atoms with van der Waals surface area (Å²) in [4.78, 5) is 8.38. The molecule has 1 aliphatic heterocycles. The number of rotatable bonds is 5. The number of benzene rings is 1. The van der Waals surface area contributed by atoms with Gasteiger partial charge >= 0.3 is 0 Å². The highest BCUT2D eigenvalue weighted by molar-refractivity contribution is 5.66. The zero-order valence-corrected chi connectivity index (χ0v) is 16.6. The molecule has 4 N–H and O–H groups in total. The zero-order valence-electron chi connectivity index (χ0n) is 16.6. The van der Waals surface area contributed by atoms with Gasteiger partial charge in [-0.25, -0.2) is 13.8 Å². The van der Waals surface area contributed by atoms with Crippen molar-refractivity contribution in [2.45, 2.75) is 24.7 Å². The molecule has 1 aromatic carbocycles. The first kappa shape index (κ1) is 21.1. The Morgan fingerprint density at radius 1 is 1.16 bits per heavy atom. The molecule has 1 saturated heterocycles. The van der Waals surface area contributed by atoms with Gasteiger partial charge in [-0.3, -0.25) is 4.98 Å². The van der Waals surface area contributed by atoms with Crippen molar-refractivity contribution in [3.63, 3.8) is 0 Å². The summed E-state index contributed by atoms with van der Waals surface area (Å²) in [5.74, 6) is -0.863. The molecule has 3 unspecified atom stereocenters. The first-order valence-electron chi connectivity index (χ1n) is 9.60. The van der Waals surface area contributed by atoms with Crippen LogP contribution in [0.25, 0.3) is 11.1 Å². The van der Waals surface area contributed by atoms with Gasteiger partial charge < -0.3 is 25.4 Å². The lowest BCUT2D eigenvalue weighted by Gasteiger charge is -2.23. The van der Waals surface area contributed by atoms with E-state index in [2.05, 4.69) is 9.97 Å². The standard InChI is InChI=1S/C22H21F2N3O4/c1-12(16-7-15(23)3-4-17(16)24)31-18-6-14(9-27-21(18)25)13-2-5-19(26-8-13)22(29)11-30-10-20(22)28/h2-9,12,20,28-29H,10-11H2,1H3,(H2,25,27). The minimum Gasteiger partial charge on any atom is -0.482 e. The van der Waals surface area contributed by atoms with E-state index in [4.69, 9.17) is 15.2 Å². The van der Waals surface area contributed by atoms with Crippen LogP contribution in [0.3, 0.4) is 0 Å². The molecule has 31 heavy (non-hydrogen) atoms. The smallest absolute Gasteiger partial charge is 0.166 e. The molecule has 1 aliphatic rings. The maximum atomic E-state index is 14.0. The van der Waals surface area contributed by atoms with E-state index in [-0.39, 0.29) is 36.0 Å². The second-order valence-electron chi connectivity index (χ2n) is 7.42. The summed E-state index contributed by atoms with van der Waals surface area (Å²) < 4.78 is 38.4. The molecule has 0 saturated carbocycles. The quantitative estimate of drug-likeness (QED) is 0.572. The zero-order chi connectivity index (χ0) is 22.2. The minimum atomic E-state index is -1.56. The fraction of sp³-hybridized carbons (Fsp3) is 0.273. The van der Waals surface area contributed by atoms with Crippen LogP contribution < -0.4 is 10.5 Å². The molecule has 3 aromatic rings. The molecule has 4 rings (SSSR count). The van der Waals surface area contributed by atoms with Crippen LogP contribution in [0.15, 0.2) is 48.8 Å². The van der Waals surface area contributed by atoms with Crippen molar-refractivity contribution in [1.82, 2.24) is 9.97 Å². The number of ether oxygens (including phenoxy) is 2. The summed E-state index contributed by atoms with van der Waals surface area (Å²) in [6, 6.07) is 8.06. The Balaban J connectivity index is 1.58. The number of aromatic nitrogens is 2. The van der Waals surface area contributed by atoms with Crippen molar-refractivity contribution < 1.29 is 28.5 Å². The lowest BCUT2D eigenvalue weighted by molar-refractivity contribution is -0.0508. The van der Waals surface area contributed by atoms with Crippen LogP contribution in [0.4, 0.5) is 14.6 Å². The van der Waals surface area contributed by atoms with E-state index in [0.29, 0.717) is 11.1 Å². The molecule has 162 valence electrons. The SMILES string of the molecule is CC(Oc1cc(-c2ccc(C3(O)COCC3O)nc2)cnc1N)c1cc(F)ccc1F. The summed E-state index contributed by atoms with van der Waals surface area (Å²) in [6.45, 7) is 1.57. The van der Waals surface area contributed by atoms with Crippen LogP contribution >= 0.6 is 0 Å². The second-order valence-corrected chi connectivity index (χ2v) is 7.42. The Kier molecular flexibility index (Phi) is 5.57. The molecular formula is C22H21F2N3O4. The molecule has 7 nitrogen and oxygen atoms in total. The molecule has 0 spiro atoms. The molecule has 0 aliphatic carbocycles. The highest BCUT2D eigenvalue weighted by Gasteiger charge is 2.44. The Morgan fingerprint density at radius 2 is 1.94 bits per heavy atom. The average Bonchev–Trinajstić information content (AvgIpc) is 3.11. The molecule has 1 fully saturated rings. The molecular weight excluding hydrogens is 408 g/mol. The van der Waals surface area contributed by atoms with Gasteiger partial charge in [-0.2, -0.15) is 0 Å². The second kappa shape index (κ2) is 8.18. The van der Waals surface area contributed by atoms with Crippen molar-refractivity contribution in [1.29, 1.82) is 0 Å². The van der Waals surface area contributed by atoms with Gasteiger partial charge in [-0.05, 0) is 37.3 Å². The van der Waals surface area contributed by atoms with Crippen LogP contribution in [-0.2, 0) is 10.3 Å². The number of aliphatic hydroxyl groups is 2. The van der Waals surface area contributed by atoms with Gasteiger partial charge in [0.25, 0.3) is 0 Å². The topological polar surface area (TPSA) is 111 Å². The maximum absolute atomic E-state index is 14.0. The number of nitrogens with two attached hydrogens (primary N) is 1. The lowest BCUT2D eigenvalue weighted by atomic mass is 9.95. The van der Waals surface area contributed by atoms with E-state index in [9.17, 15) is 19.0 Å². The lowest BCUT2D eigenvalue weighted by Crippen LogP contribution is -2.39. The Bertz CT molecular complexity index is 1100. The normalized spacial score (nSPS) is 21.8. The van der Waals surface area contributed by atoms with Gasteiger partial charge in [0.1, 0.15) is 23.8 Å². The number of nitrogen functional groups attached to an aromatic ring is 1. The van der Waals surface area contributed by atoms with E-state index in [1.165, 1.54) is 12.4 Å². The summed E-state index contributed by atoms with van der Waals surface area (Å²) in [5, 5.41) is 20.5. The van der Waals surface area contributed by atoms with Gasteiger partial charge in [0, 0.05) is 29.1 Å². The Labute approximate surface area is 177 Å². The van der Waals surface area contributed by atoms with Crippen LogP contribution in [0.2, 0.25) is 0 Å². The number of aliphatic hydroxyl groups excluding tert-OH is 1. The third kappa shape index (κ3) is 4.07. The summed E-state index contributed by atoms with van der Waals surface area (Å²) in [7, 11) is 0. The van der Waals surface area contributed by atoms with Gasteiger partial charge in [0.05, 0.1) is 18.9 Å². The van der Waals surface area contributed by atoms with Gasteiger partial charge in [-0.15, -0.1) is 0 Å². The van der Waals surface area contributed by atoms with Crippen molar-refractivity contribution in [2.75, 3.05) is 18.9 Å². The third-order valence-corrected chi connectivity index (χ3v) is 5.27. The molecule has 3 atom stereocenters. The largest absolute Gasteiger partial charge is 0.482 e. The molecule has 9 heteroatoms. The van der Waals surface area contributed by atoms with E-state index < -0.39 is 29.4 Å². The predicted octanol–water partition coefficient (Wildman–Crippen LogP) is 2.72. The van der Waals surface area contributed by atoms with Crippen LogP contribution in [0, 0.1) is 11.6 Å². The number of hydrogen-bond donors (Lipinski definition) is 3. The third-order valence-electron chi connectivity index (χ3n) is 5.27. The fourth-order valence-electron chi connectivity index (χ4n) is 3.41. The number of anilines is 1. The van der Waals surface area contributed by atoms with Crippen molar-refractivity contribution in [3.05, 3.63) is 71.7 Å². The Morgan fingerprint density at radius 3 is 2.61 bits per heavy atom. The van der Waals surface area contributed by atoms with Crippen LogP contribution in [0.5, 0.6) is 5.75 Å².